The SMILES string of the molecule is CCCCCCCCCCCCCCCCCCCCCCCC(=O)OC[C@H](COP(=O)(O)OC[C@@H](O)COP(=O)(O)OC[C@@H](COC(=O)CCCCCCCCCC(C)C)OC(=O)CCCCCCCCCCCC(C)C)OC(=O)CCCCCCCCCCCCCCCCCCCCC(C)CC. The van der Waals surface area contributed by atoms with Gasteiger partial charge in [0.25, 0.3) is 0 Å². The first kappa shape index (κ1) is 103. The number of esters is 4. The molecule has 0 aromatic rings. The van der Waals surface area contributed by atoms with E-state index in [-0.39, 0.29) is 25.7 Å². The zero-order chi connectivity index (χ0) is 77.2. The van der Waals surface area contributed by atoms with Gasteiger partial charge in [0.05, 0.1) is 26.4 Å². The summed E-state index contributed by atoms with van der Waals surface area (Å²) in [6.07, 6.45) is 67.0. The molecule has 3 unspecified atom stereocenters. The van der Waals surface area contributed by atoms with Crippen LogP contribution in [0.25, 0.3) is 0 Å². The van der Waals surface area contributed by atoms with Crippen molar-refractivity contribution in [2.75, 3.05) is 39.6 Å². The molecule has 0 saturated carbocycles. The average Bonchev–Trinajstić information content (AvgIpc) is 0.913. The van der Waals surface area contributed by atoms with E-state index in [2.05, 4.69) is 48.5 Å². The van der Waals surface area contributed by atoms with E-state index in [1.54, 1.807) is 0 Å². The number of hydrogen-bond acceptors (Lipinski definition) is 15. The van der Waals surface area contributed by atoms with E-state index in [9.17, 15) is 43.2 Å². The predicted octanol–water partition coefficient (Wildman–Crippen LogP) is 26.1. The third kappa shape index (κ3) is 78.5. The van der Waals surface area contributed by atoms with Crippen molar-refractivity contribution in [3.63, 3.8) is 0 Å². The first-order chi connectivity index (χ1) is 50.8. The van der Waals surface area contributed by atoms with Crippen LogP contribution in [-0.4, -0.2) is 96.7 Å². The van der Waals surface area contributed by atoms with E-state index >= 15 is 0 Å². The molecule has 0 saturated heterocycles. The topological polar surface area (TPSA) is 237 Å². The molecule has 105 heavy (non-hydrogen) atoms. The zero-order valence-corrected chi connectivity index (χ0v) is 71.0. The molecule has 19 heteroatoms. The summed E-state index contributed by atoms with van der Waals surface area (Å²) in [5.74, 6) is 0.203. The van der Waals surface area contributed by atoms with E-state index in [1.807, 2.05) is 0 Å². The Morgan fingerprint density at radius 1 is 0.276 bits per heavy atom. The number of unbranched alkanes of at least 4 members (excludes halogenated alkanes) is 51. The lowest BCUT2D eigenvalue weighted by Crippen LogP contribution is -2.30. The van der Waals surface area contributed by atoms with E-state index in [1.165, 1.54) is 257 Å². The molecule has 0 aliphatic carbocycles. The second kappa shape index (κ2) is 76.1. The molecule has 0 rings (SSSR count). The molecule has 0 aliphatic rings. The number of aliphatic hydroxyl groups is 1. The third-order valence-corrected chi connectivity index (χ3v) is 22.4. The molecule has 6 atom stereocenters. The third-order valence-electron chi connectivity index (χ3n) is 20.5. The Morgan fingerprint density at radius 2 is 0.486 bits per heavy atom. The van der Waals surface area contributed by atoms with Crippen molar-refractivity contribution in [2.24, 2.45) is 17.8 Å². The molecule has 0 heterocycles. The van der Waals surface area contributed by atoms with Crippen LogP contribution in [0.2, 0.25) is 0 Å². The van der Waals surface area contributed by atoms with Crippen LogP contribution in [0.3, 0.4) is 0 Å². The van der Waals surface area contributed by atoms with E-state index in [0.29, 0.717) is 31.6 Å². The van der Waals surface area contributed by atoms with Crippen molar-refractivity contribution >= 4 is 39.5 Å². The van der Waals surface area contributed by atoms with Gasteiger partial charge in [0.2, 0.25) is 0 Å². The summed E-state index contributed by atoms with van der Waals surface area (Å²) in [5.41, 5.74) is 0. The largest absolute Gasteiger partial charge is 0.472 e. The van der Waals surface area contributed by atoms with E-state index in [0.717, 1.165) is 108 Å². The second-order valence-corrected chi connectivity index (χ2v) is 35.0. The maximum Gasteiger partial charge on any atom is 0.472 e. The lowest BCUT2D eigenvalue weighted by Gasteiger charge is -2.21. The lowest BCUT2D eigenvalue weighted by atomic mass is 9.99. The van der Waals surface area contributed by atoms with Crippen molar-refractivity contribution in [1.82, 2.24) is 0 Å². The van der Waals surface area contributed by atoms with Crippen LogP contribution in [0.15, 0.2) is 0 Å². The zero-order valence-electron chi connectivity index (χ0n) is 69.2. The van der Waals surface area contributed by atoms with Crippen LogP contribution in [-0.2, 0) is 65.4 Å². The smallest absolute Gasteiger partial charge is 0.462 e. The van der Waals surface area contributed by atoms with Gasteiger partial charge in [-0.25, -0.2) is 9.13 Å². The molecule has 0 aromatic carbocycles. The first-order valence-electron chi connectivity index (χ1n) is 44.4. The van der Waals surface area contributed by atoms with Gasteiger partial charge in [-0.05, 0) is 43.4 Å². The minimum Gasteiger partial charge on any atom is -0.462 e. The highest BCUT2D eigenvalue weighted by Crippen LogP contribution is 2.45. The van der Waals surface area contributed by atoms with Crippen LogP contribution >= 0.6 is 15.6 Å². The Balaban J connectivity index is 5.19. The molecule has 0 spiro atoms. The fourth-order valence-electron chi connectivity index (χ4n) is 13.3. The van der Waals surface area contributed by atoms with E-state index in [4.69, 9.17) is 37.0 Å². The van der Waals surface area contributed by atoms with Gasteiger partial charge in [-0.3, -0.25) is 37.3 Å². The minimum atomic E-state index is -4.97. The summed E-state index contributed by atoms with van der Waals surface area (Å²) in [7, 11) is -9.93. The Labute approximate surface area is 645 Å². The van der Waals surface area contributed by atoms with Crippen LogP contribution < -0.4 is 0 Å². The fourth-order valence-corrected chi connectivity index (χ4v) is 14.9. The molecule has 0 bridgehead atoms. The summed E-state index contributed by atoms with van der Waals surface area (Å²) in [6.45, 7) is 11.9. The van der Waals surface area contributed by atoms with Crippen molar-refractivity contribution in [1.29, 1.82) is 0 Å². The van der Waals surface area contributed by atoms with Gasteiger partial charge in [-0.15, -0.1) is 0 Å². The van der Waals surface area contributed by atoms with Crippen LogP contribution in [0.1, 0.15) is 453 Å². The molecule has 3 N–H and O–H groups in total. The monoisotopic (exact) mass is 1540 g/mol. The number of rotatable bonds is 84. The molecular weight excluding hydrogens is 1370 g/mol. The van der Waals surface area contributed by atoms with Gasteiger partial charge in [0.15, 0.2) is 12.2 Å². The highest BCUT2D eigenvalue weighted by atomic mass is 31.2. The maximum atomic E-state index is 13.1. The Bertz CT molecular complexity index is 2030. The predicted molar refractivity (Wildman–Crippen MR) is 432 cm³/mol. The number of hydrogen-bond donors (Lipinski definition) is 3. The van der Waals surface area contributed by atoms with Gasteiger partial charge in [-0.2, -0.15) is 0 Å². The Morgan fingerprint density at radius 3 is 0.724 bits per heavy atom. The minimum absolute atomic E-state index is 0.105. The van der Waals surface area contributed by atoms with Crippen LogP contribution in [0.4, 0.5) is 0 Å². The summed E-state index contributed by atoms with van der Waals surface area (Å²) < 4.78 is 68.8. The van der Waals surface area contributed by atoms with Gasteiger partial charge in [0, 0.05) is 25.7 Å². The molecule has 0 radical (unpaired) electrons. The molecule has 0 aromatic heterocycles. The van der Waals surface area contributed by atoms with E-state index < -0.39 is 97.5 Å². The number of ether oxygens (including phenoxy) is 4. The summed E-state index contributed by atoms with van der Waals surface area (Å²) in [5, 5.41) is 10.7. The molecule has 0 aliphatic heterocycles. The highest BCUT2D eigenvalue weighted by molar-refractivity contribution is 7.47. The Kier molecular flexibility index (Phi) is 74.7. The number of carbonyl (C=O) groups is 4. The molecule has 0 fully saturated rings. The highest BCUT2D eigenvalue weighted by Gasteiger charge is 2.30. The number of aliphatic hydroxyl groups excluding tert-OH is 1. The average molecular weight is 1540 g/mol. The van der Waals surface area contributed by atoms with Gasteiger partial charge < -0.3 is 33.8 Å². The molecular formula is C86H168O17P2. The second-order valence-electron chi connectivity index (χ2n) is 32.1. The molecule has 0 amide bonds. The van der Waals surface area contributed by atoms with Crippen molar-refractivity contribution < 1.29 is 80.2 Å². The van der Waals surface area contributed by atoms with Crippen LogP contribution in [0, 0.1) is 17.8 Å². The van der Waals surface area contributed by atoms with Gasteiger partial charge >= 0.3 is 39.5 Å². The molecule has 624 valence electrons. The maximum absolute atomic E-state index is 13.1. The van der Waals surface area contributed by atoms with Crippen LogP contribution in [0.5, 0.6) is 0 Å². The standard InChI is InChI=1S/C86H168O17P2/c1-8-10-11-12-13-14-15-16-17-18-19-20-21-25-28-31-34-39-46-53-60-67-83(88)96-73-81(102-85(90)69-62-55-47-40-35-32-29-26-23-22-24-27-30-33-38-45-52-59-66-79(7)9-2)75-100-104(92,93)98-71-80(87)72-99-105(94,95)101-76-82(74-97-84(89)68-61-54-49-42-44-51-58-65-78(5)6)103-86(91)70-63-56-48-41-36-37-43-50-57-64-77(3)4/h77-82,87H,8-76H2,1-7H3,(H,92,93)(H,94,95)/t79?,80-,81-,82-/m1/s1. The number of phosphoric acid groups is 2. The Hall–Kier alpha value is -1.94. The quantitative estimate of drug-likeness (QED) is 0.0222. The lowest BCUT2D eigenvalue weighted by molar-refractivity contribution is -0.161. The van der Waals surface area contributed by atoms with Crippen molar-refractivity contribution in [2.45, 2.75) is 471 Å². The fraction of sp³-hybridized carbons (Fsp3) is 0.953. The summed E-state index contributed by atoms with van der Waals surface area (Å²) >= 11 is 0. The number of phosphoric ester groups is 2. The van der Waals surface area contributed by atoms with Gasteiger partial charge in [0.1, 0.15) is 19.3 Å². The van der Waals surface area contributed by atoms with Crippen molar-refractivity contribution in [3.05, 3.63) is 0 Å². The van der Waals surface area contributed by atoms with Gasteiger partial charge in [-0.1, -0.05) is 402 Å². The summed E-state index contributed by atoms with van der Waals surface area (Å²) in [6, 6.07) is 0. The summed E-state index contributed by atoms with van der Waals surface area (Å²) in [4.78, 5) is 73.1. The normalized spacial score (nSPS) is 14.1. The van der Waals surface area contributed by atoms with Crippen molar-refractivity contribution in [3.8, 4) is 0 Å². The molecule has 17 nitrogen and oxygen atoms in total. The first-order valence-corrected chi connectivity index (χ1v) is 47.4. The number of carbonyl (C=O) groups excluding carboxylic acids is 4.